The molecule has 0 bridgehead atoms. The van der Waals surface area contributed by atoms with Gasteiger partial charge in [0.1, 0.15) is 0 Å². The second-order valence-electron chi connectivity index (χ2n) is 2.71. The summed E-state index contributed by atoms with van der Waals surface area (Å²) in [5.41, 5.74) is 8.44. The fraction of sp³-hybridized carbons (Fsp3) is 0.667. The number of nitrogens with zero attached hydrogens (tertiary/aromatic N) is 1. The normalized spacial score (nSPS) is 29.6. The lowest BCUT2D eigenvalue weighted by Crippen LogP contribution is -2.37. The maximum Gasteiger partial charge on any atom is 0.355 e. The van der Waals surface area contributed by atoms with Gasteiger partial charge in [-0.15, -0.1) is 0 Å². The summed E-state index contributed by atoms with van der Waals surface area (Å²) in [7, 11) is 0. The van der Waals surface area contributed by atoms with Crippen molar-refractivity contribution in [2.75, 3.05) is 0 Å². The van der Waals surface area contributed by atoms with Crippen molar-refractivity contribution in [3.05, 3.63) is 0 Å². The molecule has 0 spiro atoms. The topological polar surface area (TPSA) is 101 Å². The Balaban J connectivity index is 2.69. The summed E-state index contributed by atoms with van der Waals surface area (Å²) in [5, 5.41) is 3.04. The summed E-state index contributed by atoms with van der Waals surface area (Å²) in [6.07, 6.45) is 0.128. The number of nitrogens with one attached hydrogen (secondary N) is 2. The van der Waals surface area contributed by atoms with Gasteiger partial charge >= 0.3 is 11.9 Å². The van der Waals surface area contributed by atoms with Crippen molar-refractivity contribution in [2.24, 2.45) is 11.0 Å². The van der Waals surface area contributed by atoms with E-state index in [1.165, 1.54) is 0 Å². The average molecular weight is 187 g/mol. The van der Waals surface area contributed by atoms with E-state index < -0.39 is 23.9 Å². The predicted molar refractivity (Wildman–Crippen MR) is 38.0 cm³/mol. The highest BCUT2D eigenvalue weighted by Gasteiger charge is 2.29. The van der Waals surface area contributed by atoms with Crippen LogP contribution in [0.5, 0.6) is 0 Å². The van der Waals surface area contributed by atoms with Crippen molar-refractivity contribution in [3.63, 3.8) is 0 Å². The minimum absolute atomic E-state index is 0.128. The molecule has 1 aliphatic rings. The molecule has 0 amide bonds. The Morgan fingerprint density at radius 3 is 2.69 bits per heavy atom. The Hall–Kier alpha value is -1.50. The molecule has 2 N–H and O–H groups in total. The van der Waals surface area contributed by atoms with E-state index in [4.69, 9.17) is 5.53 Å². The molecular weight excluding hydrogens is 178 g/mol. The first-order chi connectivity index (χ1) is 6.15. The number of hydrogen-bond donors (Lipinski definition) is 2. The van der Waals surface area contributed by atoms with Gasteiger partial charge in [0, 0.05) is 5.64 Å². The molecule has 1 fully saturated rings. The third kappa shape index (κ3) is 2.22. The summed E-state index contributed by atoms with van der Waals surface area (Å²) >= 11 is 0. The standard InChI is InChI=1S/C6H9N3O4/c1-3-2-4(8-7)6(11)13-9-12-5(3)10/h3-4,7,9H,2H2,1H3. The van der Waals surface area contributed by atoms with Crippen molar-refractivity contribution in [3.8, 4) is 0 Å². The fourth-order valence-corrected chi connectivity index (χ4v) is 0.904. The summed E-state index contributed by atoms with van der Waals surface area (Å²) in [6, 6.07) is -0.935. The average Bonchev–Trinajstić information content (AvgIpc) is 2.11. The van der Waals surface area contributed by atoms with Gasteiger partial charge in [0.05, 0.1) is 5.92 Å². The zero-order valence-electron chi connectivity index (χ0n) is 6.94. The zero-order chi connectivity index (χ0) is 9.84. The second-order valence-corrected chi connectivity index (χ2v) is 2.71. The van der Waals surface area contributed by atoms with Crippen molar-refractivity contribution in [1.82, 2.24) is 5.64 Å². The molecule has 1 heterocycles. The van der Waals surface area contributed by atoms with Crippen LogP contribution in [0.3, 0.4) is 0 Å². The summed E-state index contributed by atoms with van der Waals surface area (Å²) in [6.45, 7) is 1.58. The number of carbonyl (C=O) groups is 2. The van der Waals surface area contributed by atoms with E-state index in [9.17, 15) is 9.59 Å². The molecule has 2 atom stereocenters. The number of hydrogen-bond acceptors (Lipinski definition) is 7. The lowest BCUT2D eigenvalue weighted by molar-refractivity contribution is -0.207. The van der Waals surface area contributed by atoms with Crippen molar-refractivity contribution in [1.29, 1.82) is 5.53 Å². The van der Waals surface area contributed by atoms with E-state index in [-0.39, 0.29) is 6.42 Å². The van der Waals surface area contributed by atoms with Gasteiger partial charge in [-0.05, 0) is 6.42 Å². The van der Waals surface area contributed by atoms with Gasteiger partial charge in [0.2, 0.25) is 0 Å². The minimum Gasteiger partial charge on any atom is -0.335 e. The Labute approximate surface area is 73.8 Å². The van der Waals surface area contributed by atoms with Gasteiger partial charge in [-0.3, -0.25) is 0 Å². The molecule has 2 unspecified atom stereocenters. The molecule has 13 heavy (non-hydrogen) atoms. The summed E-state index contributed by atoms with van der Waals surface area (Å²) < 4.78 is 0. The molecule has 72 valence electrons. The van der Waals surface area contributed by atoms with Gasteiger partial charge in [-0.1, -0.05) is 6.92 Å². The van der Waals surface area contributed by atoms with Crippen molar-refractivity contribution >= 4 is 11.9 Å². The first-order valence-corrected chi connectivity index (χ1v) is 3.68. The van der Waals surface area contributed by atoms with Crippen LogP contribution in [0.15, 0.2) is 5.11 Å². The fourth-order valence-electron chi connectivity index (χ4n) is 0.904. The first-order valence-electron chi connectivity index (χ1n) is 3.68. The number of carbonyl (C=O) groups excluding carboxylic acids is 2. The largest absolute Gasteiger partial charge is 0.355 e. The van der Waals surface area contributed by atoms with Crippen LogP contribution in [0.2, 0.25) is 0 Å². The third-order valence-corrected chi connectivity index (χ3v) is 1.69. The minimum atomic E-state index is -0.935. The van der Waals surface area contributed by atoms with E-state index >= 15 is 0 Å². The van der Waals surface area contributed by atoms with E-state index in [2.05, 4.69) is 14.8 Å². The molecule has 0 aliphatic carbocycles. The van der Waals surface area contributed by atoms with E-state index in [0.29, 0.717) is 0 Å². The molecule has 0 radical (unpaired) electrons. The maximum absolute atomic E-state index is 11.0. The van der Waals surface area contributed by atoms with E-state index in [1.807, 2.05) is 0 Å². The summed E-state index contributed by atoms with van der Waals surface area (Å²) in [4.78, 5) is 30.5. The van der Waals surface area contributed by atoms with Gasteiger partial charge < -0.3 is 9.68 Å². The highest BCUT2D eigenvalue weighted by Crippen LogP contribution is 2.13. The molecule has 1 saturated heterocycles. The highest BCUT2D eigenvalue weighted by molar-refractivity contribution is 5.78. The van der Waals surface area contributed by atoms with E-state index in [1.54, 1.807) is 12.6 Å². The SMILES string of the molecule is CC1CC(N=N)C(=O)ONOC1=O. The molecule has 1 aliphatic heterocycles. The van der Waals surface area contributed by atoms with Crippen LogP contribution in [-0.4, -0.2) is 18.0 Å². The van der Waals surface area contributed by atoms with E-state index in [0.717, 1.165) is 0 Å². The predicted octanol–water partition coefficient (Wildman–Crippen LogP) is -0.0682. The smallest absolute Gasteiger partial charge is 0.335 e. The van der Waals surface area contributed by atoms with Crippen LogP contribution < -0.4 is 5.64 Å². The second kappa shape index (κ2) is 3.94. The van der Waals surface area contributed by atoms with Crippen LogP contribution >= 0.6 is 0 Å². The van der Waals surface area contributed by atoms with Crippen molar-refractivity contribution < 1.29 is 19.3 Å². The lowest BCUT2D eigenvalue weighted by atomic mass is 10.0. The first kappa shape index (κ1) is 9.59. The Kier molecular flexibility index (Phi) is 2.91. The van der Waals surface area contributed by atoms with Gasteiger partial charge in [-0.25, -0.2) is 15.1 Å². The Morgan fingerprint density at radius 2 is 2.08 bits per heavy atom. The monoisotopic (exact) mass is 187 g/mol. The lowest BCUT2D eigenvalue weighted by Gasteiger charge is -2.17. The molecule has 0 aromatic rings. The van der Waals surface area contributed by atoms with Gasteiger partial charge in [-0.2, -0.15) is 5.11 Å². The quantitative estimate of drug-likeness (QED) is 0.559. The van der Waals surface area contributed by atoms with Gasteiger partial charge in [0.25, 0.3) is 0 Å². The maximum atomic E-state index is 11.0. The Morgan fingerprint density at radius 1 is 1.46 bits per heavy atom. The molecule has 0 aromatic heterocycles. The van der Waals surface area contributed by atoms with Crippen LogP contribution in [-0.2, 0) is 19.3 Å². The van der Waals surface area contributed by atoms with Crippen LogP contribution in [0.25, 0.3) is 0 Å². The molecule has 7 heteroatoms. The van der Waals surface area contributed by atoms with Crippen LogP contribution in [0.4, 0.5) is 0 Å². The molecule has 1 rings (SSSR count). The molecular formula is C6H9N3O4. The molecule has 0 aromatic carbocycles. The molecule has 0 saturated carbocycles. The number of rotatable bonds is 1. The molecule has 7 nitrogen and oxygen atoms in total. The summed E-state index contributed by atoms with van der Waals surface area (Å²) in [5.74, 6) is -1.75. The van der Waals surface area contributed by atoms with Crippen molar-refractivity contribution in [2.45, 2.75) is 19.4 Å². The van der Waals surface area contributed by atoms with Gasteiger partial charge in [0.15, 0.2) is 6.04 Å². The highest BCUT2D eigenvalue weighted by atomic mass is 16.9. The van der Waals surface area contributed by atoms with Crippen LogP contribution in [0.1, 0.15) is 13.3 Å². The third-order valence-electron chi connectivity index (χ3n) is 1.69. The zero-order valence-corrected chi connectivity index (χ0v) is 6.94. The van der Waals surface area contributed by atoms with Crippen LogP contribution in [0, 0.1) is 11.4 Å². The Bertz CT molecular complexity index is 242.